The summed E-state index contributed by atoms with van der Waals surface area (Å²) < 4.78 is 5.21. The molecule has 2 heteroatoms. The normalized spacial score (nSPS) is 19.8. The van der Waals surface area contributed by atoms with Crippen LogP contribution in [0.4, 0.5) is 0 Å². The molecule has 0 heterocycles. The predicted octanol–water partition coefficient (Wildman–Crippen LogP) is 2.44. The first-order valence-electron chi connectivity index (χ1n) is 4.66. The maximum Gasteiger partial charge on any atom is 0.330 e. The molecule has 1 aliphatic rings. The number of carbonyl (C=O) groups is 1. The third-order valence-electron chi connectivity index (χ3n) is 2.14. The number of ether oxygens (including phenoxy) is 1. The zero-order valence-electron chi connectivity index (χ0n) is 7.58. The second kappa shape index (κ2) is 4.96. The van der Waals surface area contributed by atoms with Gasteiger partial charge in [0.1, 0.15) is 6.10 Å². The molecule has 1 rings (SSSR count). The zero-order chi connectivity index (χ0) is 8.81. The lowest BCUT2D eigenvalue weighted by Crippen LogP contribution is -2.19. The Morgan fingerprint density at radius 3 is 2.58 bits per heavy atom. The second-order valence-electron chi connectivity index (χ2n) is 3.20. The molecule has 12 heavy (non-hydrogen) atoms. The van der Waals surface area contributed by atoms with Crippen LogP contribution in [0.25, 0.3) is 0 Å². The van der Waals surface area contributed by atoms with Gasteiger partial charge in [-0.3, -0.25) is 0 Å². The Kier molecular flexibility index (Phi) is 3.85. The Balaban J connectivity index is 2.24. The third kappa shape index (κ3) is 3.07. The average Bonchev–Trinajstić information content (AvgIpc) is 2.06. The van der Waals surface area contributed by atoms with Gasteiger partial charge in [-0.25, -0.2) is 4.79 Å². The van der Waals surface area contributed by atoms with Crippen molar-refractivity contribution in [3.63, 3.8) is 0 Å². The molecule has 0 aliphatic heterocycles. The molecule has 0 amide bonds. The molecule has 0 aromatic carbocycles. The molecule has 0 spiro atoms. The highest BCUT2D eigenvalue weighted by Gasteiger charge is 2.15. The van der Waals surface area contributed by atoms with Crippen molar-refractivity contribution >= 4 is 5.97 Å². The molecule has 0 unspecified atom stereocenters. The summed E-state index contributed by atoms with van der Waals surface area (Å²) in [5, 5.41) is 0. The molecule has 0 bridgehead atoms. The van der Waals surface area contributed by atoms with Crippen LogP contribution in [0.3, 0.4) is 0 Å². The van der Waals surface area contributed by atoms with Gasteiger partial charge in [0.2, 0.25) is 0 Å². The average molecular weight is 168 g/mol. The molecule has 68 valence electrons. The molecule has 0 aromatic rings. The van der Waals surface area contributed by atoms with E-state index in [1.165, 1.54) is 25.3 Å². The van der Waals surface area contributed by atoms with Crippen molar-refractivity contribution in [2.75, 3.05) is 0 Å². The number of allylic oxidation sites excluding steroid dienone is 1. The molecule has 0 atom stereocenters. The highest BCUT2D eigenvalue weighted by Crippen LogP contribution is 2.20. The fourth-order valence-corrected chi connectivity index (χ4v) is 1.52. The summed E-state index contributed by atoms with van der Waals surface area (Å²) in [4.78, 5) is 11.0. The van der Waals surface area contributed by atoms with E-state index in [-0.39, 0.29) is 12.1 Å². The van der Waals surface area contributed by atoms with Gasteiger partial charge in [0, 0.05) is 6.08 Å². The Morgan fingerprint density at radius 1 is 1.33 bits per heavy atom. The number of rotatable bonds is 2. The lowest BCUT2D eigenvalue weighted by molar-refractivity contribution is -0.144. The molecule has 1 fully saturated rings. The van der Waals surface area contributed by atoms with Crippen LogP contribution in [0.2, 0.25) is 0 Å². The highest BCUT2D eigenvalue weighted by molar-refractivity contribution is 5.81. The minimum Gasteiger partial charge on any atom is -0.459 e. The van der Waals surface area contributed by atoms with E-state index in [1.54, 1.807) is 6.08 Å². The van der Waals surface area contributed by atoms with Crippen LogP contribution in [0, 0.1) is 0 Å². The highest BCUT2D eigenvalue weighted by atomic mass is 16.5. The third-order valence-corrected chi connectivity index (χ3v) is 2.14. The first-order chi connectivity index (χ1) is 5.83. The van der Waals surface area contributed by atoms with E-state index in [0.717, 1.165) is 12.8 Å². The molecule has 0 aromatic heterocycles. The molecule has 0 N–H and O–H groups in total. The summed E-state index contributed by atoms with van der Waals surface area (Å²) in [6.07, 6.45) is 9.16. The minimum absolute atomic E-state index is 0.183. The first kappa shape index (κ1) is 9.30. The summed E-state index contributed by atoms with van der Waals surface area (Å²) in [6.45, 7) is 1.82. The Hall–Kier alpha value is -0.790. The van der Waals surface area contributed by atoms with Gasteiger partial charge in [-0.05, 0) is 32.6 Å². The van der Waals surface area contributed by atoms with Gasteiger partial charge >= 0.3 is 5.97 Å². The van der Waals surface area contributed by atoms with Gasteiger partial charge in [-0.15, -0.1) is 0 Å². The fourth-order valence-electron chi connectivity index (χ4n) is 1.52. The van der Waals surface area contributed by atoms with Crippen molar-refractivity contribution in [2.24, 2.45) is 0 Å². The molecule has 1 saturated carbocycles. The standard InChI is InChI=1S/C10H16O2/c1-2-6-10(11)12-9-7-4-3-5-8-9/h2,6,9H,3-5,7-8H2,1H3. The van der Waals surface area contributed by atoms with Gasteiger partial charge in [0.25, 0.3) is 0 Å². The van der Waals surface area contributed by atoms with Crippen LogP contribution in [0.1, 0.15) is 39.0 Å². The van der Waals surface area contributed by atoms with Gasteiger partial charge in [-0.1, -0.05) is 12.5 Å². The van der Waals surface area contributed by atoms with Crippen molar-refractivity contribution in [1.29, 1.82) is 0 Å². The van der Waals surface area contributed by atoms with Gasteiger partial charge in [-0.2, -0.15) is 0 Å². The molecular weight excluding hydrogens is 152 g/mol. The summed E-state index contributed by atoms with van der Waals surface area (Å²) in [5.74, 6) is -0.190. The van der Waals surface area contributed by atoms with Crippen LogP contribution < -0.4 is 0 Å². The fraction of sp³-hybridized carbons (Fsp3) is 0.700. The Labute approximate surface area is 73.6 Å². The molecule has 1 aliphatic carbocycles. The van der Waals surface area contributed by atoms with Crippen LogP contribution in [0.15, 0.2) is 12.2 Å². The molecule has 2 nitrogen and oxygen atoms in total. The maximum atomic E-state index is 11.0. The topological polar surface area (TPSA) is 26.3 Å². The van der Waals surface area contributed by atoms with E-state index in [2.05, 4.69) is 0 Å². The number of hydrogen-bond donors (Lipinski definition) is 0. The minimum atomic E-state index is -0.190. The lowest BCUT2D eigenvalue weighted by Gasteiger charge is -2.20. The van der Waals surface area contributed by atoms with Crippen molar-refractivity contribution < 1.29 is 9.53 Å². The van der Waals surface area contributed by atoms with E-state index in [1.807, 2.05) is 6.92 Å². The lowest BCUT2D eigenvalue weighted by atomic mass is 9.98. The Morgan fingerprint density at radius 2 is 2.00 bits per heavy atom. The molecule has 0 saturated heterocycles. The van der Waals surface area contributed by atoms with Gasteiger partial charge in [0.15, 0.2) is 0 Å². The van der Waals surface area contributed by atoms with Crippen LogP contribution in [0.5, 0.6) is 0 Å². The summed E-state index contributed by atoms with van der Waals surface area (Å²) in [7, 11) is 0. The van der Waals surface area contributed by atoms with E-state index < -0.39 is 0 Å². The van der Waals surface area contributed by atoms with Crippen LogP contribution >= 0.6 is 0 Å². The summed E-state index contributed by atoms with van der Waals surface area (Å²) in [6, 6.07) is 0. The molecule has 0 radical (unpaired) electrons. The van der Waals surface area contributed by atoms with E-state index in [0.29, 0.717) is 0 Å². The maximum absolute atomic E-state index is 11.0. The number of carbonyl (C=O) groups excluding carboxylic acids is 1. The van der Waals surface area contributed by atoms with E-state index in [9.17, 15) is 4.79 Å². The summed E-state index contributed by atoms with van der Waals surface area (Å²) >= 11 is 0. The quantitative estimate of drug-likeness (QED) is 0.467. The van der Waals surface area contributed by atoms with E-state index >= 15 is 0 Å². The SMILES string of the molecule is CC=CC(=O)OC1CCCCC1. The molecular formula is C10H16O2. The van der Waals surface area contributed by atoms with Crippen LogP contribution in [-0.4, -0.2) is 12.1 Å². The predicted molar refractivity (Wildman–Crippen MR) is 47.8 cm³/mol. The second-order valence-corrected chi connectivity index (χ2v) is 3.20. The van der Waals surface area contributed by atoms with E-state index in [4.69, 9.17) is 4.74 Å². The van der Waals surface area contributed by atoms with Crippen molar-refractivity contribution in [3.05, 3.63) is 12.2 Å². The van der Waals surface area contributed by atoms with Crippen LogP contribution in [-0.2, 0) is 9.53 Å². The number of esters is 1. The zero-order valence-corrected chi connectivity index (χ0v) is 7.58. The first-order valence-corrected chi connectivity index (χ1v) is 4.66. The van der Waals surface area contributed by atoms with Crippen molar-refractivity contribution in [2.45, 2.75) is 45.1 Å². The van der Waals surface area contributed by atoms with Crippen molar-refractivity contribution in [3.8, 4) is 0 Å². The van der Waals surface area contributed by atoms with Gasteiger partial charge in [0.05, 0.1) is 0 Å². The Bertz CT molecular complexity index is 167. The monoisotopic (exact) mass is 168 g/mol. The van der Waals surface area contributed by atoms with Gasteiger partial charge < -0.3 is 4.74 Å². The summed E-state index contributed by atoms with van der Waals surface area (Å²) in [5.41, 5.74) is 0. The number of hydrogen-bond acceptors (Lipinski definition) is 2. The van der Waals surface area contributed by atoms with Crippen molar-refractivity contribution in [1.82, 2.24) is 0 Å². The smallest absolute Gasteiger partial charge is 0.330 e. The largest absolute Gasteiger partial charge is 0.459 e.